The number of fused-ring (bicyclic) bond motifs is 1. The smallest absolute Gasteiger partial charge is 0.407 e. The minimum atomic E-state index is -0.973. The van der Waals surface area contributed by atoms with E-state index in [0.29, 0.717) is 29.9 Å². The van der Waals surface area contributed by atoms with Crippen molar-refractivity contribution in [1.82, 2.24) is 29.5 Å². The number of nitrogens with zero attached hydrogens (tertiary/aromatic N) is 6. The third-order valence-electron chi connectivity index (χ3n) is 4.34. The molecule has 0 saturated carbocycles. The average molecular weight is 357 g/mol. The maximum Gasteiger partial charge on any atom is 0.407 e. The molecule has 3 aromatic heterocycles. The highest BCUT2D eigenvalue weighted by atomic mass is 19.1. The number of hydrogen-bond acceptors (Lipinski definition) is 6. The van der Waals surface area contributed by atoms with Gasteiger partial charge >= 0.3 is 6.09 Å². The molecule has 1 fully saturated rings. The van der Waals surface area contributed by atoms with Gasteiger partial charge in [-0.1, -0.05) is 0 Å². The van der Waals surface area contributed by atoms with Crippen molar-refractivity contribution < 1.29 is 14.3 Å². The van der Waals surface area contributed by atoms with Gasteiger partial charge in [0.25, 0.3) is 0 Å². The van der Waals surface area contributed by atoms with Crippen molar-refractivity contribution in [1.29, 1.82) is 0 Å². The van der Waals surface area contributed by atoms with Crippen molar-refractivity contribution in [2.45, 2.75) is 18.9 Å². The van der Waals surface area contributed by atoms with Gasteiger partial charge in [-0.15, -0.1) is 0 Å². The van der Waals surface area contributed by atoms with E-state index in [2.05, 4.69) is 25.4 Å². The summed E-state index contributed by atoms with van der Waals surface area (Å²) in [6.45, 7) is 0.773. The lowest BCUT2D eigenvalue weighted by atomic mass is 10.1. The summed E-state index contributed by atoms with van der Waals surface area (Å²) in [6.07, 6.45) is 8.12. The van der Waals surface area contributed by atoms with Crippen molar-refractivity contribution >= 4 is 17.4 Å². The van der Waals surface area contributed by atoms with E-state index in [1.54, 1.807) is 29.3 Å². The molecule has 26 heavy (non-hydrogen) atoms. The SMILES string of the molecule is O=C(O)N1CCC[C@@H](Nc2nc(-c3cnn4ccncc34)ncc2F)C1. The van der Waals surface area contributed by atoms with Gasteiger partial charge in [0.05, 0.1) is 29.7 Å². The molecule has 1 aliphatic rings. The summed E-state index contributed by atoms with van der Waals surface area (Å²) in [5.41, 5.74) is 1.34. The Kier molecular flexibility index (Phi) is 4.07. The van der Waals surface area contributed by atoms with Gasteiger partial charge in [0.1, 0.15) is 0 Å². The summed E-state index contributed by atoms with van der Waals surface area (Å²) >= 11 is 0. The van der Waals surface area contributed by atoms with Crippen LogP contribution in [-0.2, 0) is 0 Å². The maximum absolute atomic E-state index is 14.2. The minimum Gasteiger partial charge on any atom is -0.465 e. The molecule has 9 nitrogen and oxygen atoms in total. The number of halogens is 1. The van der Waals surface area contributed by atoms with Gasteiger partial charge in [0.2, 0.25) is 0 Å². The van der Waals surface area contributed by atoms with Crippen molar-refractivity contribution in [3.8, 4) is 11.4 Å². The summed E-state index contributed by atoms with van der Waals surface area (Å²) in [5, 5.41) is 16.3. The lowest BCUT2D eigenvalue weighted by Gasteiger charge is -2.31. The number of likely N-dealkylation sites (tertiary alicyclic amines) is 1. The third-order valence-corrected chi connectivity index (χ3v) is 4.34. The second kappa shape index (κ2) is 6.54. The van der Waals surface area contributed by atoms with E-state index in [1.165, 1.54) is 4.90 Å². The van der Waals surface area contributed by atoms with Gasteiger partial charge < -0.3 is 15.3 Å². The molecule has 0 unspecified atom stereocenters. The number of nitrogens with one attached hydrogen (secondary N) is 1. The van der Waals surface area contributed by atoms with E-state index in [1.807, 2.05) is 0 Å². The van der Waals surface area contributed by atoms with Crippen molar-refractivity contribution in [3.63, 3.8) is 0 Å². The Morgan fingerprint density at radius 1 is 1.35 bits per heavy atom. The third kappa shape index (κ3) is 3.01. The first-order valence-electron chi connectivity index (χ1n) is 8.16. The van der Waals surface area contributed by atoms with Crippen LogP contribution in [-0.4, -0.2) is 59.8 Å². The molecule has 3 aromatic rings. The van der Waals surface area contributed by atoms with Crippen LogP contribution in [0.5, 0.6) is 0 Å². The van der Waals surface area contributed by atoms with Gasteiger partial charge in [-0.05, 0) is 12.8 Å². The zero-order valence-corrected chi connectivity index (χ0v) is 13.7. The lowest BCUT2D eigenvalue weighted by Crippen LogP contribution is -2.44. The van der Waals surface area contributed by atoms with Crippen LogP contribution >= 0.6 is 0 Å². The van der Waals surface area contributed by atoms with Gasteiger partial charge in [-0.25, -0.2) is 23.7 Å². The fraction of sp³-hybridized carbons (Fsp3) is 0.312. The molecule has 10 heteroatoms. The van der Waals surface area contributed by atoms with Crippen LogP contribution in [0.2, 0.25) is 0 Å². The molecule has 0 radical (unpaired) electrons. The summed E-state index contributed by atoms with van der Waals surface area (Å²) < 4.78 is 15.8. The van der Waals surface area contributed by atoms with E-state index in [0.717, 1.165) is 12.6 Å². The Bertz CT molecular complexity index is 961. The summed E-state index contributed by atoms with van der Waals surface area (Å²) in [4.78, 5) is 24.9. The molecule has 0 aromatic carbocycles. The predicted octanol–water partition coefficient (Wildman–Crippen LogP) is 1.88. The molecule has 0 bridgehead atoms. The molecule has 1 amide bonds. The maximum atomic E-state index is 14.2. The average Bonchev–Trinajstić information content (AvgIpc) is 3.08. The molecule has 1 saturated heterocycles. The lowest BCUT2D eigenvalue weighted by molar-refractivity contribution is 0.132. The number of carboxylic acid groups (broad SMARTS) is 1. The number of hydrogen-bond donors (Lipinski definition) is 2. The Hall–Kier alpha value is -3.30. The van der Waals surface area contributed by atoms with E-state index in [-0.39, 0.29) is 18.4 Å². The summed E-state index contributed by atoms with van der Waals surface area (Å²) in [6, 6.07) is -0.206. The molecule has 0 spiro atoms. The van der Waals surface area contributed by atoms with Crippen molar-refractivity contribution in [2.75, 3.05) is 18.4 Å². The molecule has 0 aliphatic carbocycles. The fourth-order valence-corrected chi connectivity index (χ4v) is 3.07. The quantitative estimate of drug-likeness (QED) is 0.737. The van der Waals surface area contributed by atoms with Crippen LogP contribution in [0.1, 0.15) is 12.8 Å². The number of amides is 1. The van der Waals surface area contributed by atoms with Crippen LogP contribution in [0, 0.1) is 5.82 Å². The first-order chi connectivity index (χ1) is 12.6. The normalized spacial score (nSPS) is 17.4. The molecule has 4 heterocycles. The number of aromatic nitrogens is 5. The van der Waals surface area contributed by atoms with Gasteiger partial charge in [0, 0.05) is 31.5 Å². The van der Waals surface area contributed by atoms with Gasteiger partial charge in [0.15, 0.2) is 17.5 Å². The second-order valence-corrected chi connectivity index (χ2v) is 6.07. The number of rotatable bonds is 3. The molecule has 4 rings (SSSR count). The summed E-state index contributed by atoms with van der Waals surface area (Å²) in [7, 11) is 0. The standard InChI is InChI=1S/C16H16FN7O2/c17-12-7-19-14(11-6-20-24-5-3-18-8-13(11)24)22-15(12)21-10-2-1-4-23(9-10)16(25)26/h3,5-8,10H,1-2,4,9H2,(H,25,26)(H,19,21,22)/t10-/m1/s1. The number of piperidine rings is 1. The number of anilines is 1. The zero-order valence-electron chi connectivity index (χ0n) is 13.7. The monoisotopic (exact) mass is 357 g/mol. The molecular formula is C16H16FN7O2. The van der Waals surface area contributed by atoms with Gasteiger partial charge in [-0.3, -0.25) is 4.98 Å². The molecule has 1 atom stereocenters. The molecular weight excluding hydrogens is 341 g/mol. The van der Waals surface area contributed by atoms with Crippen LogP contribution in [0.25, 0.3) is 16.9 Å². The second-order valence-electron chi connectivity index (χ2n) is 6.07. The van der Waals surface area contributed by atoms with E-state index in [4.69, 9.17) is 5.11 Å². The molecule has 2 N–H and O–H groups in total. The zero-order chi connectivity index (χ0) is 18.1. The highest BCUT2D eigenvalue weighted by Crippen LogP contribution is 2.24. The van der Waals surface area contributed by atoms with E-state index < -0.39 is 11.9 Å². The van der Waals surface area contributed by atoms with Crippen molar-refractivity contribution in [2.24, 2.45) is 0 Å². The minimum absolute atomic E-state index is 0.0514. The Morgan fingerprint density at radius 2 is 2.23 bits per heavy atom. The van der Waals surface area contributed by atoms with E-state index in [9.17, 15) is 9.18 Å². The largest absolute Gasteiger partial charge is 0.465 e. The number of carbonyl (C=O) groups is 1. The van der Waals surface area contributed by atoms with E-state index >= 15 is 0 Å². The Balaban J connectivity index is 1.61. The van der Waals surface area contributed by atoms with Crippen LogP contribution in [0.15, 0.2) is 31.0 Å². The molecule has 1 aliphatic heterocycles. The Morgan fingerprint density at radius 3 is 3.08 bits per heavy atom. The molecule has 134 valence electrons. The predicted molar refractivity (Wildman–Crippen MR) is 90.2 cm³/mol. The van der Waals surface area contributed by atoms with Crippen LogP contribution in [0.4, 0.5) is 15.0 Å². The topological polar surface area (TPSA) is 109 Å². The Labute approximate surface area is 147 Å². The fourth-order valence-electron chi connectivity index (χ4n) is 3.07. The highest BCUT2D eigenvalue weighted by molar-refractivity contribution is 5.75. The van der Waals surface area contributed by atoms with Gasteiger partial charge in [-0.2, -0.15) is 5.10 Å². The highest BCUT2D eigenvalue weighted by Gasteiger charge is 2.24. The first-order valence-corrected chi connectivity index (χ1v) is 8.16. The summed E-state index contributed by atoms with van der Waals surface area (Å²) in [5.74, 6) is -0.214. The van der Waals surface area contributed by atoms with Crippen LogP contribution in [0.3, 0.4) is 0 Å². The van der Waals surface area contributed by atoms with Crippen molar-refractivity contribution in [3.05, 3.63) is 36.8 Å². The first kappa shape index (κ1) is 16.2. The van der Waals surface area contributed by atoms with Crippen LogP contribution < -0.4 is 5.32 Å².